The van der Waals surface area contributed by atoms with Gasteiger partial charge in [0.15, 0.2) is 0 Å². The highest BCUT2D eigenvalue weighted by Gasteiger charge is 2.11. The summed E-state index contributed by atoms with van der Waals surface area (Å²) in [6, 6.07) is 7.66. The predicted molar refractivity (Wildman–Crippen MR) is 107 cm³/mol. The lowest BCUT2D eigenvalue weighted by atomic mass is 10.2. The molecule has 0 spiro atoms. The van der Waals surface area contributed by atoms with Crippen molar-refractivity contribution in [1.82, 2.24) is 0 Å². The van der Waals surface area contributed by atoms with Crippen molar-refractivity contribution >= 4 is 11.4 Å². The van der Waals surface area contributed by atoms with E-state index in [4.69, 9.17) is 11.5 Å². The van der Waals surface area contributed by atoms with Crippen molar-refractivity contribution in [3.05, 3.63) is 97.0 Å². The van der Waals surface area contributed by atoms with Crippen LogP contribution in [0.1, 0.15) is 20.3 Å². The minimum absolute atomic E-state index is 0.688. The maximum absolute atomic E-state index is 5.83. The minimum atomic E-state index is 0.688. The fourth-order valence-electron chi connectivity index (χ4n) is 2.06. The zero-order valence-corrected chi connectivity index (χ0v) is 14.6. The Balaban J connectivity index is 3.19. The van der Waals surface area contributed by atoms with Crippen LogP contribution in [0.25, 0.3) is 0 Å². The number of nitrogens with zero attached hydrogens (tertiary/aromatic N) is 1. The second kappa shape index (κ2) is 9.95. The largest absolute Gasteiger partial charge is 0.402 e. The molecule has 4 N–H and O–H groups in total. The first kappa shape index (κ1) is 19.1. The molecule has 0 unspecified atom stereocenters. The number of nitrogens with two attached hydrogens (primary N) is 2. The number of benzene rings is 1. The first-order valence-electron chi connectivity index (χ1n) is 7.90. The summed E-state index contributed by atoms with van der Waals surface area (Å²) < 4.78 is 0. The molecule has 1 aromatic carbocycles. The van der Waals surface area contributed by atoms with Crippen LogP contribution in [0.4, 0.5) is 11.4 Å². The van der Waals surface area contributed by atoms with E-state index in [0.29, 0.717) is 6.42 Å². The van der Waals surface area contributed by atoms with Gasteiger partial charge in [-0.25, -0.2) is 0 Å². The molecule has 0 amide bonds. The molecular weight excluding hydrogens is 294 g/mol. The molecule has 0 radical (unpaired) electrons. The summed E-state index contributed by atoms with van der Waals surface area (Å²) >= 11 is 0. The van der Waals surface area contributed by atoms with Gasteiger partial charge < -0.3 is 16.4 Å². The highest BCUT2D eigenvalue weighted by Crippen LogP contribution is 2.26. The van der Waals surface area contributed by atoms with E-state index in [9.17, 15) is 0 Å². The molecule has 126 valence electrons. The smallest absolute Gasteiger partial charge is 0.0462 e. The van der Waals surface area contributed by atoms with Gasteiger partial charge in [0.2, 0.25) is 0 Å². The van der Waals surface area contributed by atoms with Gasteiger partial charge in [-0.05, 0) is 56.3 Å². The second-order valence-corrected chi connectivity index (χ2v) is 5.21. The maximum atomic E-state index is 5.83. The summed E-state index contributed by atoms with van der Waals surface area (Å²) in [7, 11) is 0. The van der Waals surface area contributed by atoms with Gasteiger partial charge in [-0.3, -0.25) is 0 Å². The number of rotatable bonds is 8. The molecule has 0 aliphatic rings. The third kappa shape index (κ3) is 5.69. The van der Waals surface area contributed by atoms with E-state index in [-0.39, 0.29) is 0 Å². The summed E-state index contributed by atoms with van der Waals surface area (Å²) in [5.41, 5.74) is 15.9. The molecule has 24 heavy (non-hydrogen) atoms. The quantitative estimate of drug-likeness (QED) is 0.521. The molecule has 0 aliphatic carbocycles. The van der Waals surface area contributed by atoms with Crippen molar-refractivity contribution < 1.29 is 0 Å². The van der Waals surface area contributed by atoms with Crippen LogP contribution in [-0.4, -0.2) is 0 Å². The van der Waals surface area contributed by atoms with Gasteiger partial charge in [0.05, 0.1) is 0 Å². The van der Waals surface area contributed by atoms with Crippen molar-refractivity contribution in [3.63, 3.8) is 0 Å². The standard InChI is InChI=1S/C21H27N3/c1-5-8-12-20(7-3)24(21-15-13-19(23)14-16-21)17(4)10-9-11-18(22)6-2/h5-10,12-16H,3-4,11,22-23H2,1-2H3/b8-5-,10-9-,18-6+,20-12+. The van der Waals surface area contributed by atoms with Crippen LogP contribution < -0.4 is 16.4 Å². The number of nitrogen functional groups attached to an aromatic ring is 1. The van der Waals surface area contributed by atoms with Crippen molar-refractivity contribution in [2.75, 3.05) is 10.6 Å². The molecule has 0 aromatic heterocycles. The topological polar surface area (TPSA) is 55.3 Å². The van der Waals surface area contributed by atoms with Crippen LogP contribution in [0.15, 0.2) is 97.0 Å². The summed E-state index contributed by atoms with van der Waals surface area (Å²) in [4.78, 5) is 2.02. The maximum Gasteiger partial charge on any atom is 0.0462 e. The number of hydrogen-bond donors (Lipinski definition) is 2. The van der Waals surface area contributed by atoms with Gasteiger partial charge in [-0.1, -0.05) is 37.5 Å². The number of anilines is 2. The molecule has 3 heteroatoms. The molecule has 0 saturated carbocycles. The lowest BCUT2D eigenvalue weighted by Crippen LogP contribution is -2.19. The molecule has 1 aromatic rings. The van der Waals surface area contributed by atoms with Gasteiger partial charge in [-0.15, -0.1) is 0 Å². The Kier molecular flexibility index (Phi) is 7.92. The molecule has 0 saturated heterocycles. The predicted octanol–water partition coefficient (Wildman–Crippen LogP) is 5.04. The van der Waals surface area contributed by atoms with Gasteiger partial charge in [0, 0.05) is 34.9 Å². The summed E-state index contributed by atoms with van der Waals surface area (Å²) in [5, 5.41) is 0. The Hall–Kier alpha value is -2.94. The van der Waals surface area contributed by atoms with Gasteiger partial charge >= 0.3 is 0 Å². The average Bonchev–Trinajstić information content (AvgIpc) is 2.59. The van der Waals surface area contributed by atoms with E-state index < -0.39 is 0 Å². The Bertz CT molecular complexity index is 674. The molecular formula is C21H27N3. The normalized spacial score (nSPS) is 12.8. The molecule has 0 atom stereocenters. The zero-order chi connectivity index (χ0) is 17.9. The van der Waals surface area contributed by atoms with E-state index in [1.807, 2.05) is 79.5 Å². The summed E-state index contributed by atoms with van der Waals surface area (Å²) in [6.07, 6.45) is 14.3. The monoisotopic (exact) mass is 321 g/mol. The van der Waals surface area contributed by atoms with E-state index in [1.54, 1.807) is 6.08 Å². The van der Waals surface area contributed by atoms with Crippen molar-refractivity contribution in [3.8, 4) is 0 Å². The molecule has 0 fully saturated rings. The van der Waals surface area contributed by atoms with Crippen LogP contribution in [0, 0.1) is 0 Å². The lowest BCUT2D eigenvalue weighted by molar-refractivity contribution is 1.12. The van der Waals surface area contributed by atoms with E-state index >= 15 is 0 Å². The fourth-order valence-corrected chi connectivity index (χ4v) is 2.06. The lowest BCUT2D eigenvalue weighted by Gasteiger charge is -2.26. The first-order valence-corrected chi connectivity index (χ1v) is 7.90. The van der Waals surface area contributed by atoms with Crippen molar-refractivity contribution in [2.45, 2.75) is 20.3 Å². The molecule has 0 heterocycles. The minimum Gasteiger partial charge on any atom is -0.402 e. The van der Waals surface area contributed by atoms with Crippen LogP contribution in [0.3, 0.4) is 0 Å². The van der Waals surface area contributed by atoms with Crippen molar-refractivity contribution in [1.29, 1.82) is 0 Å². The Morgan fingerprint density at radius 1 is 1.21 bits per heavy atom. The SMILES string of the molecule is C=C/C(=C\C=C/C)N(C(=C)/C=C\C/C(N)=C\C)c1ccc(N)cc1. The molecule has 3 nitrogen and oxygen atoms in total. The summed E-state index contributed by atoms with van der Waals surface area (Å²) in [6.45, 7) is 12.0. The van der Waals surface area contributed by atoms with Crippen LogP contribution >= 0.6 is 0 Å². The molecule has 0 aliphatic heterocycles. The Labute approximate surface area is 145 Å². The average molecular weight is 321 g/mol. The number of allylic oxidation sites excluding steroid dienone is 7. The number of hydrogen-bond acceptors (Lipinski definition) is 3. The van der Waals surface area contributed by atoms with E-state index in [2.05, 4.69) is 13.2 Å². The van der Waals surface area contributed by atoms with E-state index in [1.165, 1.54) is 0 Å². The third-order valence-corrected chi connectivity index (χ3v) is 3.40. The van der Waals surface area contributed by atoms with Crippen LogP contribution in [0.2, 0.25) is 0 Å². The highest BCUT2D eigenvalue weighted by molar-refractivity contribution is 5.64. The van der Waals surface area contributed by atoms with Crippen molar-refractivity contribution in [2.24, 2.45) is 5.73 Å². The van der Waals surface area contributed by atoms with Crippen LogP contribution in [0.5, 0.6) is 0 Å². The van der Waals surface area contributed by atoms with Crippen LogP contribution in [-0.2, 0) is 0 Å². The summed E-state index contributed by atoms with van der Waals surface area (Å²) in [5.74, 6) is 0. The Morgan fingerprint density at radius 3 is 2.42 bits per heavy atom. The zero-order valence-electron chi connectivity index (χ0n) is 14.6. The van der Waals surface area contributed by atoms with Gasteiger partial charge in [0.25, 0.3) is 0 Å². The third-order valence-electron chi connectivity index (χ3n) is 3.40. The Morgan fingerprint density at radius 2 is 1.88 bits per heavy atom. The highest BCUT2D eigenvalue weighted by atomic mass is 15.1. The van der Waals surface area contributed by atoms with Gasteiger partial charge in [-0.2, -0.15) is 0 Å². The van der Waals surface area contributed by atoms with E-state index in [0.717, 1.165) is 28.5 Å². The first-order chi connectivity index (χ1) is 11.5. The fraction of sp³-hybridized carbons (Fsp3) is 0.143. The molecule has 1 rings (SSSR count). The molecule has 0 bridgehead atoms. The van der Waals surface area contributed by atoms with Gasteiger partial charge in [0.1, 0.15) is 0 Å². The second-order valence-electron chi connectivity index (χ2n) is 5.21.